The lowest BCUT2D eigenvalue weighted by atomic mass is 10.1. The molecule has 0 aliphatic carbocycles. The number of aromatic nitrogens is 2. The van der Waals surface area contributed by atoms with E-state index in [2.05, 4.69) is 39.7 Å². The normalized spacial score (nSPS) is 11.7. The van der Waals surface area contributed by atoms with Gasteiger partial charge in [-0.25, -0.2) is 4.98 Å². The first-order valence-electron chi connectivity index (χ1n) is 8.56. The van der Waals surface area contributed by atoms with Gasteiger partial charge in [-0.05, 0) is 38.5 Å². The summed E-state index contributed by atoms with van der Waals surface area (Å²) in [6.45, 7) is 5.57. The predicted molar refractivity (Wildman–Crippen MR) is 105 cm³/mol. The molecule has 1 unspecified atom stereocenters. The molecule has 5 nitrogen and oxygen atoms in total. The predicted octanol–water partition coefficient (Wildman–Crippen LogP) is 4.90. The molecular formula is C21H22N4O. The Labute approximate surface area is 153 Å². The van der Waals surface area contributed by atoms with Crippen LogP contribution in [0.1, 0.15) is 41.5 Å². The number of anilines is 3. The SMILES string of the molecule is CC(=O)c1cccc(Nc2nc(C)cc(NC(C)c3ccccc3)n2)c1. The van der Waals surface area contributed by atoms with Gasteiger partial charge in [-0.3, -0.25) is 4.79 Å². The minimum absolute atomic E-state index is 0.0258. The molecule has 3 aromatic rings. The molecule has 0 aliphatic heterocycles. The molecule has 3 rings (SSSR count). The molecule has 0 amide bonds. The number of Topliss-reactive ketones (excluding diaryl/α,β-unsaturated/α-hetero) is 1. The van der Waals surface area contributed by atoms with Gasteiger partial charge in [-0.2, -0.15) is 4.98 Å². The monoisotopic (exact) mass is 346 g/mol. The Bertz CT molecular complexity index is 909. The molecule has 0 fully saturated rings. The van der Waals surface area contributed by atoms with Gasteiger partial charge in [0.05, 0.1) is 0 Å². The number of nitrogens with zero attached hydrogens (tertiary/aromatic N) is 2. The van der Waals surface area contributed by atoms with Crippen molar-refractivity contribution in [1.29, 1.82) is 0 Å². The summed E-state index contributed by atoms with van der Waals surface area (Å²) in [5.41, 5.74) is 3.48. The molecule has 0 saturated carbocycles. The molecule has 2 aromatic carbocycles. The van der Waals surface area contributed by atoms with Crippen LogP contribution in [0.25, 0.3) is 0 Å². The van der Waals surface area contributed by atoms with Gasteiger partial charge in [0.25, 0.3) is 0 Å². The second-order valence-corrected chi connectivity index (χ2v) is 6.26. The summed E-state index contributed by atoms with van der Waals surface area (Å²) < 4.78 is 0. The standard InChI is InChI=1S/C21H22N4O/c1-14-12-20(23-15(2)17-8-5-4-6-9-17)25-21(22-14)24-19-11-7-10-18(13-19)16(3)26/h4-13,15H,1-3H3,(H2,22,23,24,25). The van der Waals surface area contributed by atoms with Crippen LogP contribution in [0.5, 0.6) is 0 Å². The van der Waals surface area contributed by atoms with Crippen molar-refractivity contribution in [2.24, 2.45) is 0 Å². The molecule has 1 heterocycles. The molecule has 1 atom stereocenters. The quantitative estimate of drug-likeness (QED) is 0.621. The minimum Gasteiger partial charge on any atom is -0.363 e. The number of carbonyl (C=O) groups is 1. The van der Waals surface area contributed by atoms with Gasteiger partial charge < -0.3 is 10.6 Å². The van der Waals surface area contributed by atoms with Crippen LogP contribution >= 0.6 is 0 Å². The molecule has 0 spiro atoms. The van der Waals surface area contributed by atoms with Gasteiger partial charge in [0.2, 0.25) is 5.95 Å². The molecule has 132 valence electrons. The van der Waals surface area contributed by atoms with Crippen molar-refractivity contribution in [3.8, 4) is 0 Å². The Morgan fingerprint density at radius 3 is 2.50 bits per heavy atom. The zero-order chi connectivity index (χ0) is 18.5. The Morgan fingerprint density at radius 2 is 1.77 bits per heavy atom. The molecule has 0 saturated heterocycles. The summed E-state index contributed by atoms with van der Waals surface area (Å²) in [7, 11) is 0. The van der Waals surface area contributed by atoms with E-state index >= 15 is 0 Å². The number of benzene rings is 2. The van der Waals surface area contributed by atoms with Gasteiger partial charge >= 0.3 is 0 Å². The van der Waals surface area contributed by atoms with Crippen LogP contribution in [-0.4, -0.2) is 15.8 Å². The van der Waals surface area contributed by atoms with E-state index in [-0.39, 0.29) is 11.8 Å². The summed E-state index contributed by atoms with van der Waals surface area (Å²) in [5.74, 6) is 1.27. The van der Waals surface area contributed by atoms with Crippen molar-refractivity contribution in [3.05, 3.63) is 77.5 Å². The van der Waals surface area contributed by atoms with Crippen molar-refractivity contribution >= 4 is 23.2 Å². The average molecular weight is 346 g/mol. The number of hydrogen-bond acceptors (Lipinski definition) is 5. The van der Waals surface area contributed by atoms with Crippen molar-refractivity contribution < 1.29 is 4.79 Å². The lowest BCUT2D eigenvalue weighted by Gasteiger charge is -2.16. The summed E-state index contributed by atoms with van der Waals surface area (Å²) >= 11 is 0. The molecule has 26 heavy (non-hydrogen) atoms. The first kappa shape index (κ1) is 17.6. The lowest BCUT2D eigenvalue weighted by Crippen LogP contribution is -2.10. The third kappa shape index (κ3) is 4.45. The van der Waals surface area contributed by atoms with E-state index in [0.717, 1.165) is 17.2 Å². The molecule has 0 radical (unpaired) electrons. The Morgan fingerprint density at radius 1 is 1.00 bits per heavy atom. The van der Waals surface area contributed by atoms with Crippen molar-refractivity contribution in [2.75, 3.05) is 10.6 Å². The molecular weight excluding hydrogens is 324 g/mol. The Hall–Kier alpha value is -3.21. The average Bonchev–Trinajstić information content (AvgIpc) is 2.62. The number of carbonyl (C=O) groups excluding carboxylic acids is 1. The minimum atomic E-state index is 0.0258. The van der Waals surface area contributed by atoms with Crippen molar-refractivity contribution in [1.82, 2.24) is 9.97 Å². The molecule has 2 N–H and O–H groups in total. The van der Waals surface area contributed by atoms with E-state index in [1.54, 1.807) is 19.1 Å². The number of hydrogen-bond donors (Lipinski definition) is 2. The van der Waals surface area contributed by atoms with E-state index < -0.39 is 0 Å². The number of nitrogens with one attached hydrogen (secondary N) is 2. The highest BCUT2D eigenvalue weighted by molar-refractivity contribution is 5.95. The Kier molecular flexibility index (Phi) is 5.27. The largest absolute Gasteiger partial charge is 0.363 e. The highest BCUT2D eigenvalue weighted by Crippen LogP contribution is 2.21. The van der Waals surface area contributed by atoms with Gasteiger partial charge in [0.1, 0.15) is 5.82 Å². The van der Waals surface area contributed by atoms with E-state index in [1.807, 2.05) is 43.3 Å². The zero-order valence-corrected chi connectivity index (χ0v) is 15.2. The molecule has 0 aliphatic rings. The third-order valence-corrected chi connectivity index (χ3v) is 4.04. The smallest absolute Gasteiger partial charge is 0.229 e. The van der Waals surface area contributed by atoms with Crippen LogP contribution in [-0.2, 0) is 0 Å². The van der Waals surface area contributed by atoms with Gasteiger partial charge in [-0.1, -0.05) is 42.5 Å². The first-order chi connectivity index (χ1) is 12.5. The molecule has 0 bridgehead atoms. The van der Waals surface area contributed by atoms with Crippen molar-refractivity contribution in [2.45, 2.75) is 26.8 Å². The summed E-state index contributed by atoms with van der Waals surface area (Å²) in [6, 6.07) is 19.6. The van der Waals surface area contributed by atoms with Crippen LogP contribution in [0, 0.1) is 6.92 Å². The maximum atomic E-state index is 11.5. The fraction of sp³-hybridized carbons (Fsp3) is 0.190. The third-order valence-electron chi connectivity index (χ3n) is 4.04. The van der Waals surface area contributed by atoms with E-state index in [0.29, 0.717) is 11.5 Å². The first-order valence-corrected chi connectivity index (χ1v) is 8.56. The second kappa shape index (κ2) is 7.78. The van der Waals surface area contributed by atoms with Gasteiger partial charge in [-0.15, -0.1) is 0 Å². The van der Waals surface area contributed by atoms with Crippen LogP contribution in [0.2, 0.25) is 0 Å². The Balaban J connectivity index is 1.79. The van der Waals surface area contributed by atoms with Crippen LogP contribution < -0.4 is 10.6 Å². The van der Waals surface area contributed by atoms with E-state index in [1.165, 1.54) is 5.56 Å². The van der Waals surface area contributed by atoms with Gasteiger partial charge in [0, 0.05) is 29.1 Å². The molecule has 1 aromatic heterocycles. The molecule has 5 heteroatoms. The highest BCUT2D eigenvalue weighted by atomic mass is 16.1. The zero-order valence-electron chi connectivity index (χ0n) is 15.2. The number of ketones is 1. The maximum absolute atomic E-state index is 11.5. The van der Waals surface area contributed by atoms with E-state index in [9.17, 15) is 4.79 Å². The topological polar surface area (TPSA) is 66.9 Å². The number of rotatable bonds is 6. The van der Waals surface area contributed by atoms with Crippen LogP contribution in [0.15, 0.2) is 60.7 Å². The summed E-state index contributed by atoms with van der Waals surface area (Å²) in [4.78, 5) is 20.5. The fourth-order valence-corrected chi connectivity index (χ4v) is 2.69. The summed E-state index contributed by atoms with van der Waals surface area (Å²) in [5, 5.41) is 6.59. The maximum Gasteiger partial charge on any atom is 0.229 e. The van der Waals surface area contributed by atoms with Crippen LogP contribution in [0.4, 0.5) is 17.5 Å². The number of aryl methyl sites for hydroxylation is 1. The van der Waals surface area contributed by atoms with Crippen molar-refractivity contribution in [3.63, 3.8) is 0 Å². The second-order valence-electron chi connectivity index (χ2n) is 6.26. The lowest BCUT2D eigenvalue weighted by molar-refractivity contribution is 0.101. The van der Waals surface area contributed by atoms with Gasteiger partial charge in [0.15, 0.2) is 5.78 Å². The van der Waals surface area contributed by atoms with Crippen LogP contribution in [0.3, 0.4) is 0 Å². The summed E-state index contributed by atoms with van der Waals surface area (Å²) in [6.07, 6.45) is 0. The van der Waals surface area contributed by atoms with E-state index in [4.69, 9.17) is 0 Å². The fourth-order valence-electron chi connectivity index (χ4n) is 2.69. The highest BCUT2D eigenvalue weighted by Gasteiger charge is 2.09.